The summed E-state index contributed by atoms with van der Waals surface area (Å²) < 4.78 is 19.9. The number of rotatable bonds is 8. The lowest BCUT2D eigenvalue weighted by Gasteiger charge is -2.47. The standard InChI is InChI=1S/C28H26Cl2FNO4/c1-2-4-23(28(34)35)32-25(18-9-11-20(29)12-10-18)26(19-5-3-6-21(30)16-19)36-24(27(32)33)15-17-7-13-22(31)14-8-17/h3,5-14,16,23-26H,2,4,15H2,1H3,(H,34,35)/t23-,24+,25-,26+/m1/s1. The zero-order chi connectivity index (χ0) is 25.8. The minimum Gasteiger partial charge on any atom is -0.480 e. The number of carboxylic acids is 1. The maximum atomic E-state index is 13.9. The average Bonchev–Trinajstić information content (AvgIpc) is 2.85. The first-order valence-electron chi connectivity index (χ1n) is 11.7. The zero-order valence-electron chi connectivity index (χ0n) is 19.6. The van der Waals surface area contributed by atoms with Gasteiger partial charge < -0.3 is 14.7 Å². The number of carbonyl (C=O) groups is 2. The summed E-state index contributed by atoms with van der Waals surface area (Å²) in [6.07, 6.45) is -0.664. The van der Waals surface area contributed by atoms with Gasteiger partial charge in [-0.2, -0.15) is 0 Å². The fraction of sp³-hybridized carbons (Fsp3) is 0.286. The van der Waals surface area contributed by atoms with Crippen molar-refractivity contribution in [1.82, 2.24) is 4.90 Å². The van der Waals surface area contributed by atoms with Crippen LogP contribution >= 0.6 is 23.2 Å². The number of carbonyl (C=O) groups excluding carboxylic acids is 1. The highest BCUT2D eigenvalue weighted by Crippen LogP contribution is 2.44. The van der Waals surface area contributed by atoms with E-state index in [0.717, 1.165) is 0 Å². The molecule has 0 unspecified atom stereocenters. The van der Waals surface area contributed by atoms with Gasteiger partial charge in [0.1, 0.15) is 24.1 Å². The summed E-state index contributed by atoms with van der Waals surface area (Å²) in [6, 6.07) is 18.1. The number of morpholine rings is 1. The highest BCUT2D eigenvalue weighted by Gasteiger charge is 2.48. The first-order chi connectivity index (χ1) is 17.3. The minimum absolute atomic E-state index is 0.165. The topological polar surface area (TPSA) is 66.8 Å². The lowest BCUT2D eigenvalue weighted by molar-refractivity contribution is -0.184. The van der Waals surface area contributed by atoms with Crippen LogP contribution in [0.4, 0.5) is 4.39 Å². The Hall–Kier alpha value is -2.93. The summed E-state index contributed by atoms with van der Waals surface area (Å²) in [6.45, 7) is 1.88. The van der Waals surface area contributed by atoms with Gasteiger partial charge in [0, 0.05) is 16.5 Å². The molecule has 1 N–H and O–H groups in total. The third-order valence-corrected chi connectivity index (χ3v) is 6.82. The first-order valence-corrected chi connectivity index (χ1v) is 12.5. The van der Waals surface area contributed by atoms with Gasteiger partial charge in [0.2, 0.25) is 0 Å². The molecule has 8 heteroatoms. The fourth-order valence-electron chi connectivity index (χ4n) is 4.67. The highest BCUT2D eigenvalue weighted by molar-refractivity contribution is 6.30. The molecule has 1 aliphatic rings. The van der Waals surface area contributed by atoms with Crippen molar-refractivity contribution in [1.29, 1.82) is 0 Å². The number of hydrogen-bond donors (Lipinski definition) is 1. The van der Waals surface area contributed by atoms with Crippen LogP contribution in [0.3, 0.4) is 0 Å². The summed E-state index contributed by atoms with van der Waals surface area (Å²) >= 11 is 12.4. The molecule has 0 radical (unpaired) electrons. The van der Waals surface area contributed by atoms with Crippen LogP contribution in [0.25, 0.3) is 0 Å². The molecule has 4 atom stereocenters. The fourth-order valence-corrected chi connectivity index (χ4v) is 5.00. The van der Waals surface area contributed by atoms with Crippen LogP contribution < -0.4 is 0 Å². The van der Waals surface area contributed by atoms with Crippen LogP contribution in [-0.4, -0.2) is 34.0 Å². The number of aliphatic carboxylic acids is 1. The van der Waals surface area contributed by atoms with Crippen LogP contribution in [0.2, 0.25) is 10.0 Å². The Morgan fingerprint density at radius 3 is 2.33 bits per heavy atom. The maximum absolute atomic E-state index is 13.9. The Balaban J connectivity index is 1.85. The molecule has 0 aliphatic carbocycles. The second-order valence-corrected chi connectivity index (χ2v) is 9.69. The van der Waals surface area contributed by atoms with E-state index in [4.69, 9.17) is 27.9 Å². The third-order valence-electron chi connectivity index (χ3n) is 6.33. The zero-order valence-corrected chi connectivity index (χ0v) is 21.1. The predicted molar refractivity (Wildman–Crippen MR) is 137 cm³/mol. The second kappa shape index (κ2) is 11.4. The number of ether oxygens (including phenoxy) is 1. The molecule has 3 aromatic carbocycles. The van der Waals surface area contributed by atoms with Gasteiger partial charge in [-0.1, -0.05) is 72.9 Å². The monoisotopic (exact) mass is 529 g/mol. The van der Waals surface area contributed by atoms with Gasteiger partial charge in [0.25, 0.3) is 5.91 Å². The summed E-state index contributed by atoms with van der Waals surface area (Å²) in [5, 5.41) is 11.2. The second-order valence-electron chi connectivity index (χ2n) is 8.82. The molecule has 36 heavy (non-hydrogen) atoms. The number of benzene rings is 3. The van der Waals surface area contributed by atoms with E-state index in [1.807, 2.05) is 13.0 Å². The van der Waals surface area contributed by atoms with Crippen molar-refractivity contribution >= 4 is 35.1 Å². The summed E-state index contributed by atoms with van der Waals surface area (Å²) in [5.41, 5.74) is 2.11. The van der Waals surface area contributed by atoms with Crippen molar-refractivity contribution in [3.05, 3.63) is 105 Å². The molecule has 0 aromatic heterocycles. The summed E-state index contributed by atoms with van der Waals surface area (Å²) in [5.74, 6) is -1.90. The Morgan fingerprint density at radius 2 is 1.72 bits per heavy atom. The largest absolute Gasteiger partial charge is 0.480 e. The van der Waals surface area contributed by atoms with E-state index < -0.39 is 36.2 Å². The number of hydrogen-bond acceptors (Lipinski definition) is 3. The van der Waals surface area contributed by atoms with Crippen LogP contribution in [0.5, 0.6) is 0 Å². The van der Waals surface area contributed by atoms with Crippen molar-refractivity contribution < 1.29 is 23.8 Å². The highest BCUT2D eigenvalue weighted by atomic mass is 35.5. The van der Waals surface area contributed by atoms with Gasteiger partial charge in [0.05, 0.1) is 6.04 Å². The maximum Gasteiger partial charge on any atom is 0.326 e. The van der Waals surface area contributed by atoms with E-state index in [0.29, 0.717) is 33.2 Å². The van der Waals surface area contributed by atoms with Crippen LogP contribution in [0, 0.1) is 5.82 Å². The van der Waals surface area contributed by atoms with E-state index in [9.17, 15) is 19.1 Å². The average molecular weight is 530 g/mol. The summed E-state index contributed by atoms with van der Waals surface area (Å²) in [4.78, 5) is 27.8. The molecule has 5 nitrogen and oxygen atoms in total. The van der Waals surface area contributed by atoms with Crippen LogP contribution in [0.1, 0.15) is 48.6 Å². The van der Waals surface area contributed by atoms with E-state index >= 15 is 0 Å². The molecule has 0 spiro atoms. The molecule has 1 heterocycles. The quantitative estimate of drug-likeness (QED) is 0.355. The Kier molecular flexibility index (Phi) is 8.29. The normalized spacial score (nSPS) is 20.8. The van der Waals surface area contributed by atoms with E-state index in [-0.39, 0.29) is 18.7 Å². The minimum atomic E-state index is -1.09. The Labute approximate surface area is 219 Å². The molecule has 188 valence electrons. The molecule has 1 amide bonds. The van der Waals surface area contributed by atoms with Gasteiger partial charge in [-0.15, -0.1) is 0 Å². The van der Waals surface area contributed by atoms with Crippen molar-refractivity contribution in [2.45, 2.75) is 50.5 Å². The van der Waals surface area contributed by atoms with Crippen LogP contribution in [-0.2, 0) is 20.7 Å². The number of amides is 1. The van der Waals surface area contributed by atoms with Gasteiger partial charge in [-0.3, -0.25) is 4.79 Å². The molecule has 3 aromatic rings. The first kappa shape index (κ1) is 26.1. The van der Waals surface area contributed by atoms with Gasteiger partial charge in [0.15, 0.2) is 0 Å². The Bertz CT molecular complexity index is 1220. The molecule has 1 saturated heterocycles. The van der Waals surface area contributed by atoms with E-state index in [1.165, 1.54) is 17.0 Å². The van der Waals surface area contributed by atoms with Gasteiger partial charge >= 0.3 is 5.97 Å². The van der Waals surface area contributed by atoms with E-state index in [2.05, 4.69) is 0 Å². The smallest absolute Gasteiger partial charge is 0.326 e. The van der Waals surface area contributed by atoms with Crippen molar-refractivity contribution in [3.8, 4) is 0 Å². The molecule has 1 aliphatic heterocycles. The number of nitrogens with zero attached hydrogens (tertiary/aromatic N) is 1. The van der Waals surface area contributed by atoms with Crippen molar-refractivity contribution in [2.24, 2.45) is 0 Å². The molecular weight excluding hydrogens is 504 g/mol. The summed E-state index contributed by atoms with van der Waals surface area (Å²) in [7, 11) is 0. The van der Waals surface area contributed by atoms with Crippen molar-refractivity contribution in [2.75, 3.05) is 0 Å². The van der Waals surface area contributed by atoms with E-state index in [1.54, 1.807) is 54.6 Å². The third kappa shape index (κ3) is 5.72. The molecule has 4 rings (SSSR count). The molecule has 0 bridgehead atoms. The lowest BCUT2D eigenvalue weighted by Crippen LogP contribution is -2.57. The molecule has 1 fully saturated rings. The van der Waals surface area contributed by atoms with Crippen LogP contribution in [0.15, 0.2) is 72.8 Å². The lowest BCUT2D eigenvalue weighted by atomic mass is 9.88. The van der Waals surface area contributed by atoms with Gasteiger partial charge in [-0.25, -0.2) is 9.18 Å². The molecule has 0 saturated carbocycles. The predicted octanol–water partition coefficient (Wildman–Crippen LogP) is 6.64. The van der Waals surface area contributed by atoms with Gasteiger partial charge in [-0.05, 0) is 59.5 Å². The SMILES string of the molecule is CCC[C@H](C(=O)O)N1C(=O)[C@H](Cc2ccc(F)cc2)O[C@@H](c2cccc(Cl)c2)[C@H]1c1ccc(Cl)cc1. The Morgan fingerprint density at radius 1 is 1.03 bits per heavy atom. The number of carboxylic acid groups (broad SMARTS) is 1. The number of halogens is 3. The van der Waals surface area contributed by atoms with Crippen molar-refractivity contribution in [3.63, 3.8) is 0 Å². The molecular formula is C28H26Cl2FNO4.